The van der Waals surface area contributed by atoms with E-state index in [9.17, 15) is 18.8 Å². The molecule has 0 aliphatic rings. The van der Waals surface area contributed by atoms with Crippen LogP contribution in [0.25, 0.3) is 0 Å². The van der Waals surface area contributed by atoms with Gasteiger partial charge in [0.05, 0.1) is 5.56 Å². The molecule has 0 spiro atoms. The number of carbonyl (C=O) groups is 3. The molecule has 2 rings (SSSR count). The average Bonchev–Trinajstić information content (AvgIpc) is 2.61. The van der Waals surface area contributed by atoms with Crippen LogP contribution >= 0.6 is 0 Å². The molecule has 136 valence electrons. The van der Waals surface area contributed by atoms with Crippen molar-refractivity contribution < 1.29 is 23.5 Å². The second-order valence-electron chi connectivity index (χ2n) is 5.53. The lowest BCUT2D eigenvalue weighted by molar-refractivity contribution is -0.124. The molecular weight excluding hydrogens is 339 g/mol. The molecule has 0 saturated carbocycles. The van der Waals surface area contributed by atoms with Crippen molar-refractivity contribution >= 4 is 23.5 Å². The Labute approximate surface area is 150 Å². The van der Waals surface area contributed by atoms with Crippen molar-refractivity contribution in [1.82, 2.24) is 5.32 Å². The lowest BCUT2D eigenvalue weighted by Crippen LogP contribution is -2.30. The number of nitrogens with one attached hydrogen (secondary N) is 2. The van der Waals surface area contributed by atoms with Crippen molar-refractivity contribution in [2.45, 2.75) is 13.3 Å². The quantitative estimate of drug-likeness (QED) is 0.744. The summed E-state index contributed by atoms with van der Waals surface area (Å²) in [6.45, 7) is 1.15. The molecule has 0 bridgehead atoms. The molecule has 0 radical (unpaired) electrons. The van der Waals surface area contributed by atoms with Gasteiger partial charge < -0.3 is 15.4 Å². The van der Waals surface area contributed by atoms with E-state index < -0.39 is 18.5 Å². The minimum atomic E-state index is -0.679. The Bertz CT molecular complexity index is 808. The van der Waals surface area contributed by atoms with Crippen molar-refractivity contribution in [2.24, 2.45) is 0 Å². The zero-order valence-electron chi connectivity index (χ0n) is 14.3. The highest BCUT2D eigenvalue weighted by Crippen LogP contribution is 2.11. The van der Waals surface area contributed by atoms with Gasteiger partial charge in [0.2, 0.25) is 5.91 Å². The van der Waals surface area contributed by atoms with Gasteiger partial charge in [0.25, 0.3) is 5.91 Å². The molecule has 0 saturated heterocycles. The van der Waals surface area contributed by atoms with E-state index in [-0.39, 0.29) is 23.8 Å². The third-order valence-corrected chi connectivity index (χ3v) is 3.43. The summed E-state index contributed by atoms with van der Waals surface area (Å²) in [5.41, 5.74) is 1.18. The van der Waals surface area contributed by atoms with E-state index in [4.69, 9.17) is 4.74 Å². The smallest absolute Gasteiger partial charge is 0.338 e. The monoisotopic (exact) mass is 358 g/mol. The van der Waals surface area contributed by atoms with Gasteiger partial charge in [-0.2, -0.15) is 0 Å². The molecule has 0 aromatic heterocycles. The van der Waals surface area contributed by atoms with Gasteiger partial charge in [-0.1, -0.05) is 24.3 Å². The van der Waals surface area contributed by atoms with E-state index in [2.05, 4.69) is 10.6 Å². The van der Waals surface area contributed by atoms with Gasteiger partial charge in [0.15, 0.2) is 6.61 Å². The summed E-state index contributed by atoms with van der Waals surface area (Å²) >= 11 is 0. The number of hydrogen-bond donors (Lipinski definition) is 2. The van der Waals surface area contributed by atoms with Crippen LogP contribution in [0, 0.1) is 5.82 Å². The summed E-state index contributed by atoms with van der Waals surface area (Å²) < 4.78 is 18.4. The van der Waals surface area contributed by atoms with Crippen LogP contribution < -0.4 is 10.6 Å². The Hall–Kier alpha value is -3.22. The number of amides is 2. The minimum absolute atomic E-state index is 0.218. The van der Waals surface area contributed by atoms with Gasteiger partial charge in [0, 0.05) is 19.2 Å². The first-order chi connectivity index (χ1) is 12.5. The summed E-state index contributed by atoms with van der Waals surface area (Å²) in [6, 6.07) is 12.5. The molecule has 0 aliphatic carbocycles. The average molecular weight is 358 g/mol. The summed E-state index contributed by atoms with van der Waals surface area (Å²) in [4.78, 5) is 34.7. The van der Waals surface area contributed by atoms with Gasteiger partial charge >= 0.3 is 5.97 Å². The van der Waals surface area contributed by atoms with E-state index in [0.29, 0.717) is 17.7 Å². The normalized spacial score (nSPS) is 10.1. The second-order valence-corrected chi connectivity index (χ2v) is 5.53. The van der Waals surface area contributed by atoms with Crippen molar-refractivity contribution in [3.05, 3.63) is 65.5 Å². The van der Waals surface area contributed by atoms with Crippen LogP contribution in [0.4, 0.5) is 10.1 Å². The van der Waals surface area contributed by atoms with E-state index >= 15 is 0 Å². The predicted octanol–water partition coefficient (Wildman–Crippen LogP) is 2.30. The highest BCUT2D eigenvalue weighted by atomic mass is 19.1. The van der Waals surface area contributed by atoms with Gasteiger partial charge in [-0.3, -0.25) is 9.59 Å². The maximum Gasteiger partial charge on any atom is 0.338 e. The molecule has 0 unspecified atom stereocenters. The Morgan fingerprint density at radius 1 is 1.08 bits per heavy atom. The number of esters is 1. The van der Waals surface area contributed by atoms with Crippen molar-refractivity contribution in [2.75, 3.05) is 18.5 Å². The van der Waals surface area contributed by atoms with Crippen molar-refractivity contribution in [3.63, 3.8) is 0 Å². The number of carbonyl (C=O) groups excluding carboxylic acids is 3. The highest BCUT2D eigenvalue weighted by Gasteiger charge is 2.11. The van der Waals surface area contributed by atoms with Crippen LogP contribution in [0.3, 0.4) is 0 Å². The fourth-order valence-electron chi connectivity index (χ4n) is 2.23. The molecule has 2 aromatic rings. The largest absolute Gasteiger partial charge is 0.452 e. The molecule has 26 heavy (non-hydrogen) atoms. The maximum atomic E-state index is 13.5. The molecule has 2 N–H and O–H groups in total. The fraction of sp³-hybridized carbons (Fsp3) is 0.211. The topological polar surface area (TPSA) is 84.5 Å². The van der Waals surface area contributed by atoms with E-state index in [1.807, 2.05) is 0 Å². The lowest BCUT2D eigenvalue weighted by atomic mass is 10.1. The first-order valence-electron chi connectivity index (χ1n) is 8.00. The number of hydrogen-bond acceptors (Lipinski definition) is 4. The molecule has 2 amide bonds. The molecule has 0 atom stereocenters. The van der Waals surface area contributed by atoms with E-state index in [1.165, 1.54) is 25.1 Å². The Balaban J connectivity index is 1.77. The third kappa shape index (κ3) is 6.01. The maximum absolute atomic E-state index is 13.5. The van der Waals surface area contributed by atoms with E-state index in [1.54, 1.807) is 30.3 Å². The molecule has 0 aliphatic heterocycles. The molecule has 6 nitrogen and oxygen atoms in total. The SMILES string of the molecule is CC(=O)Nc1cccc(C(=O)OCC(=O)NCCc2ccccc2F)c1. The Morgan fingerprint density at radius 2 is 1.85 bits per heavy atom. The molecule has 0 fully saturated rings. The number of rotatable bonds is 7. The summed E-state index contributed by atoms with van der Waals surface area (Å²) in [7, 11) is 0. The van der Waals surface area contributed by atoms with Crippen LogP contribution in [-0.2, 0) is 20.7 Å². The van der Waals surface area contributed by atoms with Crippen LogP contribution in [0.15, 0.2) is 48.5 Å². The third-order valence-electron chi connectivity index (χ3n) is 3.43. The van der Waals surface area contributed by atoms with Crippen LogP contribution in [-0.4, -0.2) is 30.9 Å². The van der Waals surface area contributed by atoms with Crippen LogP contribution in [0.1, 0.15) is 22.8 Å². The zero-order chi connectivity index (χ0) is 18.9. The number of ether oxygens (including phenoxy) is 1. The first-order valence-corrected chi connectivity index (χ1v) is 8.00. The Morgan fingerprint density at radius 3 is 2.58 bits per heavy atom. The van der Waals surface area contributed by atoms with Crippen LogP contribution in [0.5, 0.6) is 0 Å². The predicted molar refractivity (Wildman–Crippen MR) is 94.1 cm³/mol. The fourth-order valence-corrected chi connectivity index (χ4v) is 2.23. The molecule has 2 aromatic carbocycles. The molecule has 7 heteroatoms. The lowest BCUT2D eigenvalue weighted by Gasteiger charge is -2.08. The Kier molecular flexibility index (Phi) is 6.84. The van der Waals surface area contributed by atoms with Crippen LogP contribution in [0.2, 0.25) is 0 Å². The first kappa shape index (κ1) is 19.1. The highest BCUT2D eigenvalue weighted by molar-refractivity contribution is 5.94. The number of halogens is 1. The number of benzene rings is 2. The van der Waals surface area contributed by atoms with Gasteiger partial charge in [-0.05, 0) is 36.2 Å². The van der Waals surface area contributed by atoms with Crippen molar-refractivity contribution in [3.8, 4) is 0 Å². The standard InChI is InChI=1S/C19H19FN2O4/c1-13(23)22-16-7-4-6-15(11-16)19(25)26-12-18(24)21-10-9-14-5-2-3-8-17(14)20/h2-8,11H,9-10,12H2,1H3,(H,21,24)(H,22,23). The minimum Gasteiger partial charge on any atom is -0.452 e. The second kappa shape index (κ2) is 9.31. The summed E-state index contributed by atoms with van der Waals surface area (Å²) in [5, 5.41) is 5.12. The van der Waals surface area contributed by atoms with Gasteiger partial charge in [0.1, 0.15) is 5.82 Å². The zero-order valence-corrected chi connectivity index (χ0v) is 14.3. The number of anilines is 1. The summed E-state index contributed by atoms with van der Waals surface area (Å²) in [6.07, 6.45) is 0.338. The molecule has 0 heterocycles. The van der Waals surface area contributed by atoms with E-state index in [0.717, 1.165) is 0 Å². The molecular formula is C19H19FN2O4. The summed E-state index contributed by atoms with van der Waals surface area (Å²) in [5.74, 6) is -1.74. The van der Waals surface area contributed by atoms with Gasteiger partial charge in [-0.25, -0.2) is 9.18 Å². The van der Waals surface area contributed by atoms with Crippen molar-refractivity contribution in [1.29, 1.82) is 0 Å². The van der Waals surface area contributed by atoms with Gasteiger partial charge in [-0.15, -0.1) is 0 Å².